The highest BCUT2D eigenvalue weighted by molar-refractivity contribution is 9.10. The number of carbonyl (C=O) groups is 1. The van der Waals surface area contributed by atoms with E-state index in [-0.39, 0.29) is 29.6 Å². The summed E-state index contributed by atoms with van der Waals surface area (Å²) in [5.41, 5.74) is 0.971. The van der Waals surface area contributed by atoms with Gasteiger partial charge in [-0.05, 0) is 67.5 Å². The zero-order valence-corrected chi connectivity index (χ0v) is 17.1. The predicted molar refractivity (Wildman–Crippen MR) is 105 cm³/mol. The van der Waals surface area contributed by atoms with E-state index in [1.807, 2.05) is 26.0 Å². The highest BCUT2D eigenvalue weighted by Gasteiger charge is 2.57. The third kappa shape index (κ3) is 4.41. The molecule has 0 aromatic heterocycles. The summed E-state index contributed by atoms with van der Waals surface area (Å²) in [6.45, 7) is 7.02. The standard InChI is InChI=1S/C18H25BrN2O3.ClH/c1-3-23-15-9-13(19)14(10-16(15)24-4-2)21-17(22)12-11-18(12)5-7-20-8-6-18;/h9-10,12,20H,3-8,11H2,1-2H3,(H,21,22);1H. The molecule has 25 heavy (non-hydrogen) atoms. The SMILES string of the molecule is CCOc1cc(Br)c(NC(=O)C2CC23CCNCC3)cc1OCC.Cl. The normalized spacial score (nSPS) is 20.5. The summed E-state index contributed by atoms with van der Waals surface area (Å²) >= 11 is 3.53. The maximum absolute atomic E-state index is 12.7. The average Bonchev–Trinajstić information content (AvgIpc) is 3.26. The van der Waals surface area contributed by atoms with Crippen molar-refractivity contribution >= 4 is 39.9 Å². The van der Waals surface area contributed by atoms with Gasteiger partial charge in [-0.1, -0.05) is 0 Å². The van der Waals surface area contributed by atoms with Crippen LogP contribution in [0, 0.1) is 11.3 Å². The number of hydrogen-bond donors (Lipinski definition) is 2. The van der Waals surface area contributed by atoms with Gasteiger partial charge in [0.2, 0.25) is 5.91 Å². The van der Waals surface area contributed by atoms with Gasteiger partial charge in [0.15, 0.2) is 11.5 Å². The first kappa shape index (κ1) is 20.3. The molecule has 2 aliphatic rings. The van der Waals surface area contributed by atoms with Crippen molar-refractivity contribution in [3.63, 3.8) is 0 Å². The van der Waals surface area contributed by atoms with Crippen molar-refractivity contribution in [2.75, 3.05) is 31.6 Å². The van der Waals surface area contributed by atoms with Gasteiger partial charge in [-0.15, -0.1) is 12.4 Å². The minimum Gasteiger partial charge on any atom is -0.490 e. The van der Waals surface area contributed by atoms with Crippen LogP contribution in [0.5, 0.6) is 11.5 Å². The largest absolute Gasteiger partial charge is 0.490 e. The van der Waals surface area contributed by atoms with Crippen LogP contribution in [0.4, 0.5) is 5.69 Å². The van der Waals surface area contributed by atoms with Gasteiger partial charge < -0.3 is 20.1 Å². The lowest BCUT2D eigenvalue weighted by Crippen LogP contribution is -2.31. The molecular formula is C18H26BrClN2O3. The third-order valence-corrected chi connectivity index (χ3v) is 5.65. The number of benzene rings is 1. The molecule has 1 saturated carbocycles. The van der Waals surface area contributed by atoms with Crippen molar-refractivity contribution in [1.29, 1.82) is 0 Å². The highest BCUT2D eigenvalue weighted by atomic mass is 79.9. The number of rotatable bonds is 6. The second-order valence-electron chi connectivity index (χ2n) is 6.50. The molecule has 1 unspecified atom stereocenters. The van der Waals surface area contributed by atoms with Gasteiger partial charge in [0.25, 0.3) is 0 Å². The smallest absolute Gasteiger partial charge is 0.228 e. The van der Waals surface area contributed by atoms with E-state index in [1.165, 1.54) is 0 Å². The Hall–Kier alpha value is -0.980. The Labute approximate surface area is 163 Å². The van der Waals surface area contributed by atoms with Crippen molar-refractivity contribution in [2.45, 2.75) is 33.1 Å². The summed E-state index contributed by atoms with van der Waals surface area (Å²) < 4.78 is 12.1. The van der Waals surface area contributed by atoms with E-state index in [1.54, 1.807) is 0 Å². The van der Waals surface area contributed by atoms with Crippen LogP contribution in [0.15, 0.2) is 16.6 Å². The molecular weight excluding hydrogens is 408 g/mol. The van der Waals surface area contributed by atoms with Gasteiger partial charge in [0.05, 0.1) is 18.9 Å². The second kappa shape index (κ2) is 8.60. The second-order valence-corrected chi connectivity index (χ2v) is 7.36. The fourth-order valence-corrected chi connectivity index (χ4v) is 4.00. The number of hydrogen-bond acceptors (Lipinski definition) is 4. The van der Waals surface area contributed by atoms with Gasteiger partial charge >= 0.3 is 0 Å². The van der Waals surface area contributed by atoms with Crippen molar-refractivity contribution in [3.8, 4) is 11.5 Å². The fraction of sp³-hybridized carbons (Fsp3) is 0.611. The third-order valence-electron chi connectivity index (χ3n) is 5.00. The average molecular weight is 434 g/mol. The highest BCUT2D eigenvalue weighted by Crippen LogP contribution is 2.59. The van der Waals surface area contributed by atoms with Crippen LogP contribution < -0.4 is 20.1 Å². The molecule has 1 aromatic rings. The van der Waals surface area contributed by atoms with E-state index >= 15 is 0 Å². The lowest BCUT2D eigenvalue weighted by molar-refractivity contribution is -0.118. The van der Waals surface area contributed by atoms with Crippen LogP contribution in [-0.4, -0.2) is 32.2 Å². The Morgan fingerprint density at radius 2 is 1.84 bits per heavy atom. The maximum Gasteiger partial charge on any atom is 0.228 e. The molecule has 5 nitrogen and oxygen atoms in total. The molecule has 0 bridgehead atoms. The number of anilines is 1. The van der Waals surface area contributed by atoms with E-state index in [0.717, 1.165) is 42.5 Å². The first-order chi connectivity index (χ1) is 11.6. The van der Waals surface area contributed by atoms with Gasteiger partial charge in [-0.25, -0.2) is 0 Å². The molecule has 1 atom stereocenters. The van der Waals surface area contributed by atoms with Crippen LogP contribution in [0.1, 0.15) is 33.1 Å². The number of amides is 1. The maximum atomic E-state index is 12.7. The van der Waals surface area contributed by atoms with Gasteiger partial charge in [-0.2, -0.15) is 0 Å². The molecule has 1 aromatic carbocycles. The Balaban J connectivity index is 0.00000225. The molecule has 140 valence electrons. The summed E-state index contributed by atoms with van der Waals surface area (Å²) in [6.07, 6.45) is 3.20. The predicted octanol–water partition coefficient (Wildman–Crippen LogP) is 4.00. The molecule has 3 rings (SSSR count). The quantitative estimate of drug-likeness (QED) is 0.712. The molecule has 1 aliphatic heterocycles. The van der Waals surface area contributed by atoms with Gasteiger partial charge in [0.1, 0.15) is 0 Å². The van der Waals surface area contributed by atoms with Crippen LogP contribution in [-0.2, 0) is 4.79 Å². The van der Waals surface area contributed by atoms with Crippen molar-refractivity contribution < 1.29 is 14.3 Å². The Morgan fingerprint density at radius 1 is 1.24 bits per heavy atom. The Bertz CT molecular complexity index is 621. The number of piperidine rings is 1. The Morgan fingerprint density at radius 3 is 2.44 bits per heavy atom. The summed E-state index contributed by atoms with van der Waals surface area (Å²) in [5, 5.41) is 6.44. The lowest BCUT2D eigenvalue weighted by atomic mass is 9.92. The molecule has 2 N–H and O–H groups in total. The number of ether oxygens (including phenoxy) is 2. The van der Waals surface area contributed by atoms with Crippen LogP contribution >= 0.6 is 28.3 Å². The molecule has 1 saturated heterocycles. The van der Waals surface area contributed by atoms with Gasteiger partial charge in [0, 0.05) is 22.5 Å². The van der Waals surface area contributed by atoms with Crippen molar-refractivity contribution in [3.05, 3.63) is 16.6 Å². The monoisotopic (exact) mass is 432 g/mol. The first-order valence-corrected chi connectivity index (χ1v) is 9.49. The molecule has 2 fully saturated rings. The zero-order valence-electron chi connectivity index (χ0n) is 14.7. The number of halogens is 2. The number of nitrogens with one attached hydrogen (secondary N) is 2. The lowest BCUT2D eigenvalue weighted by Gasteiger charge is -2.23. The molecule has 1 spiro atoms. The minimum absolute atomic E-state index is 0. The van der Waals surface area contributed by atoms with Crippen LogP contribution in [0.3, 0.4) is 0 Å². The summed E-state index contributed by atoms with van der Waals surface area (Å²) in [7, 11) is 0. The fourth-order valence-electron chi connectivity index (χ4n) is 3.58. The molecule has 0 radical (unpaired) electrons. The zero-order chi connectivity index (χ0) is 17.2. The van der Waals surface area contributed by atoms with E-state index in [0.29, 0.717) is 24.7 Å². The minimum atomic E-state index is 0. The van der Waals surface area contributed by atoms with E-state index in [4.69, 9.17) is 9.47 Å². The molecule has 7 heteroatoms. The summed E-state index contributed by atoms with van der Waals surface area (Å²) in [6, 6.07) is 3.70. The first-order valence-electron chi connectivity index (χ1n) is 8.70. The Kier molecular flexibility index (Phi) is 7.00. The molecule has 1 amide bonds. The van der Waals surface area contributed by atoms with E-state index in [9.17, 15) is 4.79 Å². The van der Waals surface area contributed by atoms with E-state index < -0.39 is 0 Å². The van der Waals surface area contributed by atoms with Crippen molar-refractivity contribution in [1.82, 2.24) is 5.32 Å². The van der Waals surface area contributed by atoms with Crippen molar-refractivity contribution in [2.24, 2.45) is 11.3 Å². The molecule has 1 heterocycles. The van der Waals surface area contributed by atoms with E-state index in [2.05, 4.69) is 26.6 Å². The topological polar surface area (TPSA) is 59.6 Å². The number of carbonyl (C=O) groups excluding carboxylic acids is 1. The van der Waals surface area contributed by atoms with Crippen LogP contribution in [0.2, 0.25) is 0 Å². The summed E-state index contributed by atoms with van der Waals surface area (Å²) in [4.78, 5) is 12.7. The summed E-state index contributed by atoms with van der Waals surface area (Å²) in [5.74, 6) is 1.59. The van der Waals surface area contributed by atoms with Crippen LogP contribution in [0.25, 0.3) is 0 Å². The molecule has 1 aliphatic carbocycles. The van der Waals surface area contributed by atoms with Gasteiger partial charge in [-0.3, -0.25) is 4.79 Å².